The molecule has 1 aromatic rings. The first kappa shape index (κ1) is 21.1. The van der Waals surface area contributed by atoms with Gasteiger partial charge >= 0.3 is 11.9 Å². The highest BCUT2D eigenvalue weighted by Gasteiger charge is 2.43. The van der Waals surface area contributed by atoms with Gasteiger partial charge in [-0.3, -0.25) is 4.79 Å². The van der Waals surface area contributed by atoms with Gasteiger partial charge in [0.05, 0.1) is 5.92 Å². The van der Waals surface area contributed by atoms with Crippen LogP contribution < -0.4 is 4.74 Å². The van der Waals surface area contributed by atoms with Gasteiger partial charge in [-0.05, 0) is 12.8 Å². The van der Waals surface area contributed by atoms with E-state index in [4.69, 9.17) is 9.47 Å². The van der Waals surface area contributed by atoms with E-state index in [1.54, 1.807) is 6.92 Å². The lowest BCUT2D eigenvalue weighted by molar-refractivity contribution is -0.161. The highest BCUT2D eigenvalue weighted by molar-refractivity contribution is 5.79. The zero-order chi connectivity index (χ0) is 20.5. The van der Waals surface area contributed by atoms with Crippen LogP contribution in [-0.2, 0) is 19.1 Å². The minimum Gasteiger partial charge on any atom is -0.432 e. The van der Waals surface area contributed by atoms with Gasteiger partial charge < -0.3 is 14.2 Å². The molecule has 2 rings (SSSR count). The van der Waals surface area contributed by atoms with E-state index in [-0.39, 0.29) is 12.8 Å². The van der Waals surface area contributed by atoms with Crippen molar-refractivity contribution >= 4 is 11.9 Å². The molecule has 0 aliphatic carbocycles. The van der Waals surface area contributed by atoms with E-state index in [0.29, 0.717) is 6.42 Å². The van der Waals surface area contributed by atoms with E-state index in [1.165, 1.54) is 13.8 Å². The van der Waals surface area contributed by atoms with Crippen LogP contribution in [-0.4, -0.2) is 23.8 Å². The Morgan fingerprint density at radius 2 is 1.59 bits per heavy atom. The zero-order valence-electron chi connectivity index (χ0n) is 14.7. The number of benzene rings is 1. The topological polar surface area (TPSA) is 61.8 Å². The van der Waals surface area contributed by atoms with Crippen molar-refractivity contribution < 1.29 is 45.8 Å². The number of hydrogen-bond donors (Lipinski definition) is 0. The molecular weight excluding hydrogens is 379 g/mol. The Kier molecular flexibility index (Phi) is 6.08. The Morgan fingerprint density at radius 1 is 1.07 bits per heavy atom. The minimum atomic E-state index is -2.36. The first-order chi connectivity index (χ1) is 12.5. The lowest BCUT2D eigenvalue weighted by atomic mass is 9.96. The van der Waals surface area contributed by atoms with Crippen LogP contribution in [0.15, 0.2) is 0 Å². The Labute approximate surface area is 151 Å². The zero-order valence-corrected chi connectivity index (χ0v) is 14.7. The molecule has 1 saturated heterocycles. The van der Waals surface area contributed by atoms with E-state index < -0.39 is 64.6 Å². The lowest BCUT2D eigenvalue weighted by Crippen LogP contribution is -2.29. The third-order valence-electron chi connectivity index (χ3n) is 3.88. The molecule has 0 bridgehead atoms. The third kappa shape index (κ3) is 4.37. The van der Waals surface area contributed by atoms with Gasteiger partial charge in [0.25, 0.3) is 0 Å². The van der Waals surface area contributed by atoms with Crippen LogP contribution in [0.25, 0.3) is 0 Å². The summed E-state index contributed by atoms with van der Waals surface area (Å²) in [7, 11) is 0. The van der Waals surface area contributed by atoms with E-state index in [1.807, 2.05) is 0 Å². The fourth-order valence-corrected chi connectivity index (χ4v) is 2.66. The normalized spacial score (nSPS) is 19.7. The monoisotopic (exact) mass is 396 g/mol. The van der Waals surface area contributed by atoms with Gasteiger partial charge in [-0.1, -0.05) is 13.3 Å². The largest absolute Gasteiger partial charge is 0.432 e. The van der Waals surface area contributed by atoms with Gasteiger partial charge in [0.2, 0.25) is 40.6 Å². The van der Waals surface area contributed by atoms with Crippen LogP contribution in [0, 0.1) is 35.0 Å². The molecule has 150 valence electrons. The lowest BCUT2D eigenvalue weighted by Gasteiger charge is -2.19. The Morgan fingerprint density at radius 3 is 2.04 bits per heavy atom. The first-order valence-electron chi connectivity index (χ1n) is 8.12. The number of esters is 2. The van der Waals surface area contributed by atoms with Crippen molar-refractivity contribution in [1.82, 2.24) is 0 Å². The van der Waals surface area contributed by atoms with Gasteiger partial charge in [0.1, 0.15) is 0 Å². The molecule has 1 aliphatic rings. The van der Waals surface area contributed by atoms with Gasteiger partial charge in [-0.15, -0.1) is 0 Å². The van der Waals surface area contributed by atoms with Crippen LogP contribution >= 0.6 is 0 Å². The fraction of sp³-hybridized carbons (Fsp3) is 0.529. The van der Waals surface area contributed by atoms with Crippen molar-refractivity contribution in [3.8, 4) is 5.75 Å². The smallest absolute Gasteiger partial charge is 0.337 e. The van der Waals surface area contributed by atoms with Crippen molar-refractivity contribution in [2.45, 2.75) is 51.9 Å². The molecule has 0 amide bonds. The second kappa shape index (κ2) is 7.79. The van der Waals surface area contributed by atoms with Crippen molar-refractivity contribution in [2.24, 2.45) is 5.92 Å². The van der Waals surface area contributed by atoms with Crippen molar-refractivity contribution in [3.63, 3.8) is 0 Å². The standard InChI is InChI=1S/C17H17F5O5/c1-4-5-7(6-8-16(24)27-17(2,3)26-8)15(23)25-14-12(21)10(19)9(18)11(20)13(14)22/h7-8H,4-6H2,1-3H3/t7-,8+/m1/s1. The molecule has 0 spiro atoms. The molecule has 5 nitrogen and oxygen atoms in total. The average Bonchev–Trinajstić information content (AvgIpc) is 2.86. The molecule has 0 saturated carbocycles. The molecule has 10 heteroatoms. The van der Waals surface area contributed by atoms with Crippen molar-refractivity contribution in [2.75, 3.05) is 0 Å². The molecule has 0 unspecified atom stereocenters. The van der Waals surface area contributed by atoms with Crippen LogP contribution in [0.5, 0.6) is 5.75 Å². The predicted molar refractivity (Wildman–Crippen MR) is 79.9 cm³/mol. The van der Waals surface area contributed by atoms with Gasteiger partial charge in [0, 0.05) is 13.8 Å². The number of ether oxygens (including phenoxy) is 3. The summed E-state index contributed by atoms with van der Waals surface area (Å²) in [5.74, 6) is -17.3. The van der Waals surface area contributed by atoms with Crippen LogP contribution in [0.2, 0.25) is 0 Å². The summed E-state index contributed by atoms with van der Waals surface area (Å²) < 4.78 is 81.6. The second-order valence-electron chi connectivity index (χ2n) is 6.47. The van der Waals surface area contributed by atoms with Gasteiger partial charge in [-0.2, -0.15) is 8.78 Å². The number of rotatable bonds is 6. The first-order valence-corrected chi connectivity index (χ1v) is 8.12. The number of cyclic esters (lactones) is 1. The summed E-state index contributed by atoms with van der Waals surface area (Å²) >= 11 is 0. The summed E-state index contributed by atoms with van der Waals surface area (Å²) in [4.78, 5) is 24.1. The van der Waals surface area contributed by atoms with Crippen LogP contribution in [0.1, 0.15) is 40.0 Å². The number of carbonyl (C=O) groups is 2. The maximum absolute atomic E-state index is 13.7. The fourth-order valence-electron chi connectivity index (χ4n) is 2.66. The molecule has 0 aromatic heterocycles. The summed E-state index contributed by atoms with van der Waals surface area (Å²) in [6.45, 7) is 4.65. The molecular formula is C17H17F5O5. The summed E-state index contributed by atoms with van der Waals surface area (Å²) in [5.41, 5.74) is 0. The molecule has 0 radical (unpaired) electrons. The number of hydrogen-bond acceptors (Lipinski definition) is 5. The molecule has 1 aliphatic heterocycles. The predicted octanol–water partition coefficient (Wildman–Crippen LogP) is 3.77. The highest BCUT2D eigenvalue weighted by Crippen LogP contribution is 2.32. The molecule has 2 atom stereocenters. The maximum Gasteiger partial charge on any atom is 0.337 e. The van der Waals surface area contributed by atoms with E-state index in [9.17, 15) is 31.5 Å². The Hall–Kier alpha value is -2.23. The minimum absolute atomic E-state index is 0.127. The summed E-state index contributed by atoms with van der Waals surface area (Å²) in [6.07, 6.45) is -0.811. The average molecular weight is 396 g/mol. The summed E-state index contributed by atoms with van der Waals surface area (Å²) in [6, 6.07) is 0. The second-order valence-corrected chi connectivity index (χ2v) is 6.47. The molecule has 1 fully saturated rings. The van der Waals surface area contributed by atoms with Gasteiger partial charge in [-0.25, -0.2) is 18.0 Å². The van der Waals surface area contributed by atoms with Crippen molar-refractivity contribution in [3.05, 3.63) is 29.1 Å². The highest BCUT2D eigenvalue weighted by atomic mass is 19.2. The quantitative estimate of drug-likeness (QED) is 0.241. The number of carbonyl (C=O) groups excluding carboxylic acids is 2. The third-order valence-corrected chi connectivity index (χ3v) is 3.88. The Bertz CT molecular complexity index is 736. The summed E-state index contributed by atoms with van der Waals surface area (Å²) in [5, 5.41) is 0. The Balaban J connectivity index is 2.23. The van der Waals surface area contributed by atoms with Crippen LogP contribution in [0.4, 0.5) is 22.0 Å². The SMILES string of the molecule is CCC[C@H](C[C@@H]1OC(C)(C)OC1=O)C(=O)Oc1c(F)c(F)c(F)c(F)c1F. The van der Waals surface area contributed by atoms with E-state index in [2.05, 4.69) is 4.74 Å². The van der Waals surface area contributed by atoms with Gasteiger partial charge in [0.15, 0.2) is 6.10 Å². The van der Waals surface area contributed by atoms with Crippen LogP contribution in [0.3, 0.4) is 0 Å². The maximum atomic E-state index is 13.7. The number of halogens is 5. The molecule has 1 aromatic carbocycles. The van der Waals surface area contributed by atoms with Crippen molar-refractivity contribution in [1.29, 1.82) is 0 Å². The molecule has 27 heavy (non-hydrogen) atoms. The molecule has 0 N–H and O–H groups in total. The molecule has 1 heterocycles. The van der Waals surface area contributed by atoms with E-state index >= 15 is 0 Å². The van der Waals surface area contributed by atoms with E-state index in [0.717, 1.165) is 0 Å².